The van der Waals surface area contributed by atoms with E-state index < -0.39 is 0 Å². The fraction of sp³-hybridized carbons (Fsp3) is 0.545. The molecule has 7 heteroatoms. The first-order valence-corrected chi connectivity index (χ1v) is 5.97. The molecule has 7 nitrogen and oxygen atoms in total. The Morgan fingerprint density at radius 3 is 3.17 bits per heavy atom. The van der Waals surface area contributed by atoms with Crippen molar-refractivity contribution in [1.29, 1.82) is 0 Å². The first-order valence-electron chi connectivity index (χ1n) is 5.97. The van der Waals surface area contributed by atoms with E-state index >= 15 is 0 Å². The van der Waals surface area contributed by atoms with Crippen LogP contribution in [0.5, 0.6) is 0 Å². The Morgan fingerprint density at radius 1 is 1.50 bits per heavy atom. The number of H-pyrrole nitrogens is 1. The molecule has 0 amide bonds. The maximum absolute atomic E-state index is 5.72. The summed E-state index contributed by atoms with van der Waals surface area (Å²) in [6.07, 6.45) is 2.72. The molecule has 2 N–H and O–H groups in total. The summed E-state index contributed by atoms with van der Waals surface area (Å²) in [5.74, 6) is 0. The van der Waals surface area contributed by atoms with Crippen LogP contribution in [0.15, 0.2) is 16.9 Å². The highest BCUT2D eigenvalue weighted by molar-refractivity contribution is 5.09. The van der Waals surface area contributed by atoms with Gasteiger partial charge in [0.1, 0.15) is 17.5 Å². The predicted octanol–water partition coefficient (Wildman–Crippen LogP) is 0.721. The fourth-order valence-electron chi connectivity index (χ4n) is 2.17. The first kappa shape index (κ1) is 11.4. The third-order valence-corrected chi connectivity index (χ3v) is 3.20. The molecule has 1 aliphatic heterocycles. The summed E-state index contributed by atoms with van der Waals surface area (Å²) in [4.78, 5) is 0. The zero-order valence-electron chi connectivity index (χ0n) is 10.1. The van der Waals surface area contributed by atoms with Gasteiger partial charge in [-0.1, -0.05) is 10.3 Å². The Hall–Kier alpha value is -1.73. The van der Waals surface area contributed by atoms with E-state index in [0.717, 1.165) is 30.1 Å². The normalized spacial score (nSPS) is 23.6. The molecule has 2 aromatic heterocycles. The van der Waals surface area contributed by atoms with Gasteiger partial charge in [0, 0.05) is 25.4 Å². The van der Waals surface area contributed by atoms with Crippen LogP contribution >= 0.6 is 0 Å². The average molecular weight is 249 g/mol. The summed E-state index contributed by atoms with van der Waals surface area (Å²) in [6.45, 7) is 3.26. The van der Waals surface area contributed by atoms with E-state index in [-0.39, 0.29) is 12.1 Å². The molecule has 2 atom stereocenters. The van der Waals surface area contributed by atoms with Crippen molar-refractivity contribution in [1.82, 2.24) is 25.8 Å². The first-order chi connectivity index (χ1) is 8.84. The van der Waals surface area contributed by atoms with Gasteiger partial charge in [-0.15, -0.1) is 0 Å². The van der Waals surface area contributed by atoms with Crippen LogP contribution in [0.4, 0.5) is 0 Å². The average Bonchev–Trinajstić information content (AvgIpc) is 3.07. The number of nitrogens with one attached hydrogen (secondary N) is 2. The van der Waals surface area contributed by atoms with E-state index in [1.807, 2.05) is 13.0 Å². The van der Waals surface area contributed by atoms with Crippen LogP contribution in [0, 0.1) is 6.92 Å². The molecule has 96 valence electrons. The van der Waals surface area contributed by atoms with E-state index in [1.165, 1.54) is 0 Å². The number of rotatable bonds is 4. The molecule has 0 radical (unpaired) electrons. The van der Waals surface area contributed by atoms with Gasteiger partial charge in [-0.25, -0.2) is 4.63 Å². The van der Waals surface area contributed by atoms with Crippen molar-refractivity contribution in [2.24, 2.45) is 0 Å². The number of aryl methyl sites for hydroxylation is 1. The van der Waals surface area contributed by atoms with Gasteiger partial charge >= 0.3 is 0 Å². The standard InChI is InChI=1S/C11H15N5O2/c1-7-10(16-18-15-7)6-12-8-3-5-17-11(8)9-2-4-13-14-9/h2,4,8,11-12H,3,5-6H2,1H3,(H,13,14)/t8-,11-/m0/s1. The van der Waals surface area contributed by atoms with Crippen molar-refractivity contribution in [2.75, 3.05) is 6.61 Å². The molecule has 1 aliphatic rings. The maximum atomic E-state index is 5.72. The molecule has 3 rings (SSSR count). The highest BCUT2D eigenvalue weighted by atomic mass is 16.6. The molecule has 1 saturated heterocycles. The maximum Gasteiger partial charge on any atom is 0.121 e. The van der Waals surface area contributed by atoms with E-state index in [4.69, 9.17) is 4.74 Å². The van der Waals surface area contributed by atoms with E-state index in [9.17, 15) is 0 Å². The molecular formula is C11H15N5O2. The fourth-order valence-corrected chi connectivity index (χ4v) is 2.17. The number of nitrogens with zero attached hydrogens (tertiary/aromatic N) is 3. The summed E-state index contributed by atoms with van der Waals surface area (Å²) >= 11 is 0. The van der Waals surface area contributed by atoms with Crippen LogP contribution in [0.1, 0.15) is 29.6 Å². The molecule has 2 aromatic rings. The van der Waals surface area contributed by atoms with E-state index in [2.05, 4.69) is 30.5 Å². The van der Waals surface area contributed by atoms with Gasteiger partial charge in [0.15, 0.2) is 0 Å². The molecule has 0 spiro atoms. The van der Waals surface area contributed by atoms with Crippen LogP contribution in [0.25, 0.3) is 0 Å². The van der Waals surface area contributed by atoms with E-state index in [1.54, 1.807) is 6.20 Å². The zero-order chi connectivity index (χ0) is 12.4. The minimum atomic E-state index is 0.0210. The molecule has 0 aromatic carbocycles. The SMILES string of the molecule is Cc1nonc1CN[C@H]1CCO[C@@H]1c1ccn[nH]1. The molecule has 18 heavy (non-hydrogen) atoms. The highest BCUT2D eigenvalue weighted by Gasteiger charge is 2.30. The molecule has 0 bridgehead atoms. The lowest BCUT2D eigenvalue weighted by atomic mass is 10.1. The molecule has 0 aliphatic carbocycles. The summed E-state index contributed by atoms with van der Waals surface area (Å²) in [7, 11) is 0. The highest BCUT2D eigenvalue weighted by Crippen LogP contribution is 2.27. The van der Waals surface area contributed by atoms with E-state index in [0.29, 0.717) is 6.54 Å². The molecule has 0 unspecified atom stereocenters. The Labute approximate surface area is 104 Å². The van der Waals surface area contributed by atoms with Crippen LogP contribution in [0.2, 0.25) is 0 Å². The van der Waals surface area contributed by atoms with Crippen LogP contribution in [-0.4, -0.2) is 33.2 Å². The molecule has 3 heterocycles. The van der Waals surface area contributed by atoms with Gasteiger partial charge in [-0.2, -0.15) is 5.10 Å². The minimum Gasteiger partial charge on any atom is -0.370 e. The molecule has 1 fully saturated rings. The quantitative estimate of drug-likeness (QED) is 0.830. The lowest BCUT2D eigenvalue weighted by Crippen LogP contribution is -2.31. The van der Waals surface area contributed by atoms with Crippen molar-refractivity contribution in [3.05, 3.63) is 29.3 Å². The van der Waals surface area contributed by atoms with Gasteiger partial charge in [0.25, 0.3) is 0 Å². The number of hydrogen-bond acceptors (Lipinski definition) is 6. The van der Waals surface area contributed by atoms with Crippen molar-refractivity contribution >= 4 is 0 Å². The summed E-state index contributed by atoms with van der Waals surface area (Å²) in [5.41, 5.74) is 2.66. The largest absolute Gasteiger partial charge is 0.370 e. The van der Waals surface area contributed by atoms with Gasteiger partial charge < -0.3 is 10.1 Å². The lowest BCUT2D eigenvalue weighted by Gasteiger charge is -2.17. The van der Waals surface area contributed by atoms with Gasteiger partial charge in [0.05, 0.1) is 5.69 Å². The van der Waals surface area contributed by atoms with Crippen LogP contribution in [-0.2, 0) is 11.3 Å². The lowest BCUT2D eigenvalue weighted by molar-refractivity contribution is 0.0949. The number of aromatic nitrogens is 4. The Kier molecular flexibility index (Phi) is 3.07. The van der Waals surface area contributed by atoms with Gasteiger partial charge in [-0.3, -0.25) is 5.10 Å². The van der Waals surface area contributed by atoms with Crippen molar-refractivity contribution < 1.29 is 9.37 Å². The van der Waals surface area contributed by atoms with Crippen LogP contribution in [0.3, 0.4) is 0 Å². The Bertz CT molecular complexity index is 495. The third-order valence-electron chi connectivity index (χ3n) is 3.20. The second kappa shape index (κ2) is 4.87. The Morgan fingerprint density at radius 2 is 2.44 bits per heavy atom. The smallest absolute Gasteiger partial charge is 0.121 e. The summed E-state index contributed by atoms with van der Waals surface area (Å²) < 4.78 is 10.4. The van der Waals surface area contributed by atoms with Crippen molar-refractivity contribution in [3.8, 4) is 0 Å². The van der Waals surface area contributed by atoms with Gasteiger partial charge in [-0.05, 0) is 19.4 Å². The summed E-state index contributed by atoms with van der Waals surface area (Å²) in [5, 5.41) is 17.9. The number of ether oxygens (including phenoxy) is 1. The van der Waals surface area contributed by atoms with Crippen molar-refractivity contribution in [3.63, 3.8) is 0 Å². The predicted molar refractivity (Wildman–Crippen MR) is 61.6 cm³/mol. The van der Waals surface area contributed by atoms with Crippen molar-refractivity contribution in [2.45, 2.75) is 32.0 Å². The topological polar surface area (TPSA) is 88.9 Å². The van der Waals surface area contributed by atoms with Gasteiger partial charge in [0.2, 0.25) is 0 Å². The zero-order valence-corrected chi connectivity index (χ0v) is 10.1. The number of hydrogen-bond donors (Lipinski definition) is 2. The second-order valence-corrected chi connectivity index (χ2v) is 4.38. The molecule has 0 saturated carbocycles. The monoisotopic (exact) mass is 249 g/mol. The summed E-state index contributed by atoms with van der Waals surface area (Å²) in [6, 6.07) is 2.19. The molecular weight excluding hydrogens is 234 g/mol. The van der Waals surface area contributed by atoms with Crippen LogP contribution < -0.4 is 5.32 Å². The third kappa shape index (κ3) is 2.14. The number of aromatic amines is 1. The Balaban J connectivity index is 1.64. The minimum absolute atomic E-state index is 0.0210. The second-order valence-electron chi connectivity index (χ2n) is 4.38.